The molecule has 0 atom stereocenters. The maximum Gasteiger partial charge on any atom is 0.126 e. The van der Waals surface area contributed by atoms with Gasteiger partial charge in [0.2, 0.25) is 0 Å². The molecule has 4 heteroatoms. The van der Waals surface area contributed by atoms with Crippen molar-refractivity contribution in [1.29, 1.82) is 0 Å². The minimum absolute atomic E-state index is 0.125. The molecule has 1 heterocycles. The molecule has 1 aromatic heterocycles. The molecule has 2 rings (SSSR count). The zero-order chi connectivity index (χ0) is 14.2. The largest absolute Gasteiger partial charge is 0.489 e. The van der Waals surface area contributed by atoms with Gasteiger partial charge in [0.15, 0.2) is 0 Å². The lowest BCUT2D eigenvalue weighted by atomic mass is 10.1. The van der Waals surface area contributed by atoms with Gasteiger partial charge in [-0.1, -0.05) is 18.2 Å². The van der Waals surface area contributed by atoms with E-state index in [1.165, 1.54) is 0 Å². The first-order chi connectivity index (χ1) is 9.83. The van der Waals surface area contributed by atoms with Crippen LogP contribution in [0, 0.1) is 0 Å². The maximum atomic E-state index is 9.05. The van der Waals surface area contributed by atoms with E-state index in [0.29, 0.717) is 13.0 Å². The summed E-state index contributed by atoms with van der Waals surface area (Å²) < 4.78 is 5.84. The lowest BCUT2D eigenvalue weighted by Gasteiger charge is -2.11. The second kappa shape index (κ2) is 7.50. The number of para-hydroxylation sites is 1. The van der Waals surface area contributed by atoms with Crippen LogP contribution in [0.1, 0.15) is 18.1 Å². The van der Waals surface area contributed by atoms with Gasteiger partial charge < -0.3 is 15.2 Å². The van der Waals surface area contributed by atoms with Gasteiger partial charge in [0.05, 0.1) is 0 Å². The predicted molar refractivity (Wildman–Crippen MR) is 80.0 cm³/mol. The fourth-order valence-electron chi connectivity index (χ4n) is 1.97. The Kier molecular flexibility index (Phi) is 5.38. The Labute approximate surface area is 119 Å². The second-order valence-corrected chi connectivity index (χ2v) is 4.45. The molecule has 2 N–H and O–H groups in total. The van der Waals surface area contributed by atoms with Crippen molar-refractivity contribution in [2.24, 2.45) is 0 Å². The first-order valence-electron chi connectivity index (χ1n) is 6.84. The van der Waals surface area contributed by atoms with Crippen LogP contribution in [0.5, 0.6) is 5.75 Å². The smallest absolute Gasteiger partial charge is 0.126 e. The number of aliphatic hydroxyl groups excluding tert-OH is 1. The van der Waals surface area contributed by atoms with Crippen molar-refractivity contribution in [2.75, 3.05) is 18.5 Å². The molecule has 0 radical (unpaired) electrons. The molecule has 0 aliphatic heterocycles. The average Bonchev–Trinajstić information content (AvgIpc) is 2.47. The van der Waals surface area contributed by atoms with Crippen LogP contribution in [0.3, 0.4) is 0 Å². The number of hydrogen-bond acceptors (Lipinski definition) is 4. The first-order valence-corrected chi connectivity index (χ1v) is 6.84. The average molecular weight is 272 g/mol. The highest BCUT2D eigenvalue weighted by atomic mass is 16.5. The molecular weight excluding hydrogens is 252 g/mol. The zero-order valence-electron chi connectivity index (χ0n) is 11.7. The molecule has 0 saturated carbocycles. The molecule has 20 heavy (non-hydrogen) atoms. The highest BCUT2D eigenvalue weighted by Gasteiger charge is 2.03. The van der Waals surface area contributed by atoms with Gasteiger partial charge in [-0.05, 0) is 42.7 Å². The van der Waals surface area contributed by atoms with Crippen LogP contribution in [-0.2, 0) is 13.0 Å². The quantitative estimate of drug-likeness (QED) is 0.813. The molecule has 106 valence electrons. The monoisotopic (exact) mass is 272 g/mol. The van der Waals surface area contributed by atoms with E-state index in [1.54, 1.807) is 6.20 Å². The van der Waals surface area contributed by atoms with E-state index in [2.05, 4.69) is 10.3 Å². The van der Waals surface area contributed by atoms with Crippen molar-refractivity contribution in [1.82, 2.24) is 4.98 Å². The number of rotatable bonds is 7. The van der Waals surface area contributed by atoms with Crippen molar-refractivity contribution in [3.8, 4) is 5.75 Å². The highest BCUT2D eigenvalue weighted by molar-refractivity contribution is 5.38. The van der Waals surface area contributed by atoms with Gasteiger partial charge in [0, 0.05) is 19.3 Å². The lowest BCUT2D eigenvalue weighted by molar-refractivity contribution is 0.284. The summed E-state index contributed by atoms with van der Waals surface area (Å²) in [7, 11) is 0. The van der Waals surface area contributed by atoms with E-state index in [4.69, 9.17) is 9.84 Å². The van der Waals surface area contributed by atoms with E-state index < -0.39 is 0 Å². The number of hydrogen-bond donors (Lipinski definition) is 2. The van der Waals surface area contributed by atoms with Gasteiger partial charge in [-0.15, -0.1) is 0 Å². The maximum absolute atomic E-state index is 9.05. The summed E-state index contributed by atoms with van der Waals surface area (Å²) in [5, 5.41) is 12.2. The molecule has 2 aromatic rings. The minimum Gasteiger partial charge on any atom is -0.489 e. The van der Waals surface area contributed by atoms with E-state index in [1.807, 2.05) is 43.3 Å². The summed E-state index contributed by atoms with van der Waals surface area (Å²) in [6.07, 6.45) is 2.38. The topological polar surface area (TPSA) is 54.4 Å². The standard InChI is InChI=1S/C16H20N2O2/c1-2-17-16-11-13(7-9-18-16)12-20-15-6-4-3-5-14(15)8-10-19/h3-7,9,11,19H,2,8,10,12H2,1H3,(H,17,18). The number of aromatic nitrogens is 1. The van der Waals surface area contributed by atoms with E-state index in [9.17, 15) is 0 Å². The van der Waals surface area contributed by atoms with Gasteiger partial charge >= 0.3 is 0 Å². The third kappa shape index (κ3) is 3.96. The Morgan fingerprint density at radius 3 is 2.90 bits per heavy atom. The van der Waals surface area contributed by atoms with Crippen molar-refractivity contribution >= 4 is 5.82 Å². The summed E-state index contributed by atoms with van der Waals surface area (Å²) in [6, 6.07) is 11.7. The first kappa shape index (κ1) is 14.3. The highest BCUT2D eigenvalue weighted by Crippen LogP contribution is 2.20. The Morgan fingerprint density at radius 1 is 1.25 bits per heavy atom. The van der Waals surface area contributed by atoms with Crippen LogP contribution in [0.2, 0.25) is 0 Å². The summed E-state index contributed by atoms with van der Waals surface area (Å²) in [5.41, 5.74) is 2.09. The van der Waals surface area contributed by atoms with Crippen molar-refractivity contribution in [2.45, 2.75) is 20.0 Å². The Morgan fingerprint density at radius 2 is 2.10 bits per heavy atom. The number of aliphatic hydroxyl groups is 1. The Bertz CT molecular complexity index is 544. The van der Waals surface area contributed by atoms with Gasteiger partial charge in [-0.25, -0.2) is 4.98 Å². The van der Waals surface area contributed by atoms with Crippen LogP contribution in [0.25, 0.3) is 0 Å². The van der Waals surface area contributed by atoms with E-state index in [-0.39, 0.29) is 6.61 Å². The fraction of sp³-hybridized carbons (Fsp3) is 0.312. The van der Waals surface area contributed by atoms with E-state index in [0.717, 1.165) is 29.2 Å². The van der Waals surface area contributed by atoms with Gasteiger partial charge in [0.1, 0.15) is 18.2 Å². The van der Waals surface area contributed by atoms with Gasteiger partial charge in [-0.3, -0.25) is 0 Å². The number of nitrogens with one attached hydrogen (secondary N) is 1. The van der Waals surface area contributed by atoms with Crippen LogP contribution < -0.4 is 10.1 Å². The molecule has 0 bridgehead atoms. The third-order valence-electron chi connectivity index (χ3n) is 2.93. The van der Waals surface area contributed by atoms with Crippen LogP contribution in [0.15, 0.2) is 42.6 Å². The molecule has 0 spiro atoms. The SMILES string of the molecule is CCNc1cc(COc2ccccc2CCO)ccn1. The molecule has 1 aromatic carbocycles. The van der Waals surface area contributed by atoms with Crippen molar-refractivity contribution in [3.63, 3.8) is 0 Å². The Hall–Kier alpha value is -2.07. The summed E-state index contributed by atoms with van der Waals surface area (Å²) >= 11 is 0. The van der Waals surface area contributed by atoms with Gasteiger partial charge in [-0.2, -0.15) is 0 Å². The third-order valence-corrected chi connectivity index (χ3v) is 2.93. The molecule has 0 amide bonds. The molecule has 0 fully saturated rings. The second-order valence-electron chi connectivity index (χ2n) is 4.45. The number of ether oxygens (including phenoxy) is 1. The number of nitrogens with zero attached hydrogens (tertiary/aromatic N) is 1. The normalized spacial score (nSPS) is 10.3. The molecule has 0 aliphatic carbocycles. The van der Waals surface area contributed by atoms with Crippen LogP contribution in [0.4, 0.5) is 5.82 Å². The van der Waals surface area contributed by atoms with Gasteiger partial charge in [0.25, 0.3) is 0 Å². The summed E-state index contributed by atoms with van der Waals surface area (Å²) in [5.74, 6) is 1.68. The van der Waals surface area contributed by atoms with E-state index >= 15 is 0 Å². The minimum atomic E-state index is 0.125. The number of anilines is 1. The predicted octanol–water partition coefficient (Wildman–Crippen LogP) is 2.63. The summed E-state index contributed by atoms with van der Waals surface area (Å²) in [4.78, 5) is 4.23. The molecule has 0 aliphatic rings. The van der Waals surface area contributed by atoms with Crippen molar-refractivity contribution < 1.29 is 9.84 Å². The fourth-order valence-corrected chi connectivity index (χ4v) is 1.97. The van der Waals surface area contributed by atoms with Crippen LogP contribution in [-0.4, -0.2) is 23.2 Å². The summed E-state index contributed by atoms with van der Waals surface area (Å²) in [6.45, 7) is 3.50. The molecule has 0 saturated heterocycles. The van der Waals surface area contributed by atoms with Crippen molar-refractivity contribution in [3.05, 3.63) is 53.7 Å². The zero-order valence-corrected chi connectivity index (χ0v) is 11.7. The molecular formula is C16H20N2O2. The lowest BCUT2D eigenvalue weighted by Crippen LogP contribution is -2.03. The molecule has 0 unspecified atom stereocenters. The van der Waals surface area contributed by atoms with Crippen LogP contribution >= 0.6 is 0 Å². The number of benzene rings is 1. The Balaban J connectivity index is 2.03. The molecule has 4 nitrogen and oxygen atoms in total. The number of pyridine rings is 1.